The second kappa shape index (κ2) is 11.3. The van der Waals surface area contributed by atoms with Gasteiger partial charge in [0.1, 0.15) is 18.1 Å². The maximum absolute atomic E-state index is 13.4. The van der Waals surface area contributed by atoms with Crippen LogP contribution in [0.25, 0.3) is 5.76 Å². The Bertz CT molecular complexity index is 1580. The van der Waals surface area contributed by atoms with E-state index in [1.165, 1.54) is 18.1 Å². The fourth-order valence-electron chi connectivity index (χ4n) is 4.77. The van der Waals surface area contributed by atoms with E-state index in [4.69, 9.17) is 9.47 Å². The highest BCUT2D eigenvalue weighted by Gasteiger charge is 2.46. The number of ether oxygens (including phenoxy) is 2. The number of ketones is 1. The van der Waals surface area contributed by atoms with Gasteiger partial charge < -0.3 is 24.6 Å². The van der Waals surface area contributed by atoms with Crippen LogP contribution in [-0.4, -0.2) is 38.9 Å². The molecule has 1 unspecified atom stereocenters. The van der Waals surface area contributed by atoms with Crippen LogP contribution in [0.3, 0.4) is 0 Å². The van der Waals surface area contributed by atoms with Gasteiger partial charge in [-0.3, -0.25) is 14.6 Å². The minimum atomic E-state index is -0.917. The van der Waals surface area contributed by atoms with Crippen LogP contribution in [0.15, 0.2) is 96.8 Å². The molecule has 1 amide bonds. The molecule has 1 saturated heterocycles. The van der Waals surface area contributed by atoms with Gasteiger partial charge in [-0.25, -0.2) is 0 Å². The summed E-state index contributed by atoms with van der Waals surface area (Å²) in [5.74, 6) is -1.16. The third kappa shape index (κ3) is 5.37. The molecule has 5 rings (SSSR count). The molecule has 4 aromatic rings. The van der Waals surface area contributed by atoms with Crippen molar-refractivity contribution >= 4 is 17.4 Å². The molecule has 0 bridgehead atoms. The quantitative estimate of drug-likeness (QED) is 0.179. The van der Waals surface area contributed by atoms with Crippen molar-refractivity contribution in [2.75, 3.05) is 7.11 Å². The van der Waals surface area contributed by atoms with Crippen LogP contribution in [0.1, 0.15) is 33.9 Å². The molecule has 2 N–H and O–H groups in total. The van der Waals surface area contributed by atoms with Crippen LogP contribution in [-0.2, 0) is 22.7 Å². The third-order valence-corrected chi connectivity index (χ3v) is 6.78. The van der Waals surface area contributed by atoms with E-state index in [9.17, 15) is 19.8 Å². The van der Waals surface area contributed by atoms with Crippen molar-refractivity contribution in [1.82, 2.24) is 9.88 Å². The number of nitrogens with zero attached hydrogens (tertiary/aromatic N) is 2. The van der Waals surface area contributed by atoms with Gasteiger partial charge >= 0.3 is 0 Å². The van der Waals surface area contributed by atoms with E-state index in [-0.39, 0.29) is 29.4 Å². The Morgan fingerprint density at radius 1 is 0.950 bits per heavy atom. The van der Waals surface area contributed by atoms with E-state index in [2.05, 4.69) is 4.98 Å². The predicted octanol–water partition coefficient (Wildman–Crippen LogP) is 5.31. The van der Waals surface area contributed by atoms with Crippen molar-refractivity contribution in [1.29, 1.82) is 0 Å². The SMILES string of the molecule is COc1cc(C2/C(=C(\O)c3ccc(OCc4cccc(C)c4)cc3)C(=O)C(=O)N2Cc2ccncc2)ccc1O. The predicted molar refractivity (Wildman–Crippen MR) is 149 cm³/mol. The molecule has 8 nitrogen and oxygen atoms in total. The average molecular weight is 537 g/mol. The van der Waals surface area contributed by atoms with E-state index >= 15 is 0 Å². The molecule has 8 heteroatoms. The summed E-state index contributed by atoms with van der Waals surface area (Å²) in [6, 6.07) is 21.9. The molecule has 1 atom stereocenters. The highest BCUT2D eigenvalue weighted by molar-refractivity contribution is 6.46. The van der Waals surface area contributed by atoms with Gasteiger partial charge in [0.25, 0.3) is 11.7 Å². The highest BCUT2D eigenvalue weighted by Crippen LogP contribution is 2.42. The monoisotopic (exact) mass is 536 g/mol. The first-order valence-corrected chi connectivity index (χ1v) is 12.7. The maximum atomic E-state index is 13.4. The summed E-state index contributed by atoms with van der Waals surface area (Å²) >= 11 is 0. The Morgan fingerprint density at radius 2 is 1.70 bits per heavy atom. The Hall–Kier alpha value is -5.11. The molecule has 1 aliphatic heterocycles. The minimum Gasteiger partial charge on any atom is -0.507 e. The smallest absolute Gasteiger partial charge is 0.295 e. The summed E-state index contributed by atoms with van der Waals surface area (Å²) in [4.78, 5) is 32.0. The Kier molecular flexibility index (Phi) is 7.50. The molecule has 1 aromatic heterocycles. The molecule has 2 heterocycles. The number of hydrogen-bond donors (Lipinski definition) is 2. The number of likely N-dealkylation sites (tertiary alicyclic amines) is 1. The number of aromatic nitrogens is 1. The van der Waals surface area contributed by atoms with E-state index in [0.29, 0.717) is 23.5 Å². The number of Topliss-reactive ketones (excluding diaryl/α,β-unsaturated/α-hetero) is 1. The van der Waals surface area contributed by atoms with Crippen molar-refractivity contribution < 1.29 is 29.3 Å². The van der Waals surface area contributed by atoms with Crippen molar-refractivity contribution in [2.45, 2.75) is 26.1 Å². The average Bonchev–Trinajstić information content (AvgIpc) is 3.22. The van der Waals surface area contributed by atoms with Crippen LogP contribution in [0.5, 0.6) is 17.2 Å². The van der Waals surface area contributed by atoms with Gasteiger partial charge in [-0.05, 0) is 72.1 Å². The van der Waals surface area contributed by atoms with E-state index in [1.807, 2.05) is 31.2 Å². The summed E-state index contributed by atoms with van der Waals surface area (Å²) in [5, 5.41) is 21.5. The second-order valence-corrected chi connectivity index (χ2v) is 9.52. The molecule has 1 aliphatic rings. The van der Waals surface area contributed by atoms with Crippen molar-refractivity contribution in [2.24, 2.45) is 0 Å². The van der Waals surface area contributed by atoms with Crippen molar-refractivity contribution in [3.8, 4) is 17.2 Å². The van der Waals surface area contributed by atoms with Gasteiger partial charge in [0.2, 0.25) is 0 Å². The lowest BCUT2D eigenvalue weighted by Gasteiger charge is -2.26. The first kappa shape index (κ1) is 26.5. The van der Waals surface area contributed by atoms with Gasteiger partial charge in [-0.1, -0.05) is 35.9 Å². The number of phenols is 1. The van der Waals surface area contributed by atoms with Gasteiger partial charge in [-0.15, -0.1) is 0 Å². The number of aliphatic hydroxyl groups is 1. The summed E-state index contributed by atoms with van der Waals surface area (Å²) in [6.45, 7) is 2.52. The standard InChI is InChI=1S/C32H28N2O6/c1-20-4-3-5-22(16-20)19-40-25-9-6-23(7-10-25)30(36)28-29(24-8-11-26(35)27(17-24)39-2)34(32(38)31(28)37)18-21-12-14-33-15-13-21/h3-17,29,35-36H,18-19H2,1-2H3/b30-28+. The number of rotatable bonds is 8. The largest absolute Gasteiger partial charge is 0.507 e. The van der Waals surface area contributed by atoms with Crippen LogP contribution >= 0.6 is 0 Å². The molecular weight excluding hydrogens is 508 g/mol. The maximum Gasteiger partial charge on any atom is 0.295 e. The number of amides is 1. The fraction of sp³-hybridized carbons (Fsp3) is 0.156. The molecule has 40 heavy (non-hydrogen) atoms. The number of methoxy groups -OCH3 is 1. The van der Waals surface area contributed by atoms with Crippen molar-refractivity contribution in [3.05, 3.63) is 125 Å². The van der Waals surface area contributed by atoms with Crippen LogP contribution in [0.4, 0.5) is 0 Å². The number of aliphatic hydroxyl groups excluding tert-OH is 1. The summed E-state index contributed by atoms with van der Waals surface area (Å²) in [7, 11) is 1.41. The zero-order valence-electron chi connectivity index (χ0n) is 22.1. The van der Waals surface area contributed by atoms with Crippen LogP contribution in [0.2, 0.25) is 0 Å². The number of aromatic hydroxyl groups is 1. The second-order valence-electron chi connectivity index (χ2n) is 9.52. The summed E-state index contributed by atoms with van der Waals surface area (Å²) in [5.41, 5.74) is 3.75. The number of phenolic OH excluding ortho intramolecular Hbond substituents is 1. The third-order valence-electron chi connectivity index (χ3n) is 6.78. The number of pyridine rings is 1. The Morgan fingerprint density at radius 3 is 2.40 bits per heavy atom. The number of hydrogen-bond acceptors (Lipinski definition) is 7. The van der Waals surface area contributed by atoms with Gasteiger partial charge in [0.15, 0.2) is 11.5 Å². The zero-order chi connectivity index (χ0) is 28.2. The van der Waals surface area contributed by atoms with Crippen LogP contribution < -0.4 is 9.47 Å². The fourth-order valence-corrected chi connectivity index (χ4v) is 4.77. The molecule has 3 aromatic carbocycles. The number of carbonyl (C=O) groups excluding carboxylic acids is 2. The molecule has 0 radical (unpaired) electrons. The van der Waals surface area contributed by atoms with E-state index < -0.39 is 17.7 Å². The summed E-state index contributed by atoms with van der Waals surface area (Å²) in [6.07, 6.45) is 3.21. The Labute approximate surface area is 231 Å². The van der Waals surface area contributed by atoms with Crippen LogP contribution in [0, 0.1) is 6.92 Å². The first-order chi connectivity index (χ1) is 19.4. The molecule has 0 aliphatic carbocycles. The Balaban J connectivity index is 1.50. The van der Waals surface area contributed by atoms with E-state index in [0.717, 1.165) is 16.7 Å². The summed E-state index contributed by atoms with van der Waals surface area (Å²) < 4.78 is 11.2. The van der Waals surface area contributed by atoms with Gasteiger partial charge in [-0.2, -0.15) is 0 Å². The number of carbonyl (C=O) groups is 2. The number of aryl methyl sites for hydroxylation is 1. The minimum absolute atomic E-state index is 0.0553. The molecular formula is C32H28N2O6. The normalized spacial score (nSPS) is 16.2. The lowest BCUT2D eigenvalue weighted by molar-refractivity contribution is -0.140. The molecule has 202 valence electrons. The lowest BCUT2D eigenvalue weighted by Crippen LogP contribution is -2.29. The van der Waals surface area contributed by atoms with Gasteiger partial charge in [0.05, 0.1) is 18.7 Å². The highest BCUT2D eigenvalue weighted by atomic mass is 16.5. The topological polar surface area (TPSA) is 109 Å². The molecule has 1 fully saturated rings. The lowest BCUT2D eigenvalue weighted by atomic mass is 9.94. The van der Waals surface area contributed by atoms with E-state index in [1.54, 1.807) is 60.9 Å². The van der Waals surface area contributed by atoms with Gasteiger partial charge in [0, 0.05) is 24.5 Å². The zero-order valence-corrected chi connectivity index (χ0v) is 22.1. The molecule has 0 spiro atoms. The van der Waals surface area contributed by atoms with Crippen molar-refractivity contribution in [3.63, 3.8) is 0 Å². The first-order valence-electron chi connectivity index (χ1n) is 12.7. The molecule has 0 saturated carbocycles. The number of benzene rings is 3.